The Morgan fingerprint density at radius 1 is 1.57 bits per heavy atom. The molecule has 1 aromatic heterocycles. The van der Waals surface area contributed by atoms with Gasteiger partial charge in [-0.25, -0.2) is 0 Å². The number of aryl methyl sites for hydroxylation is 1. The highest BCUT2D eigenvalue weighted by atomic mass is 32.1. The first kappa shape index (κ1) is 11.7. The molecule has 14 heavy (non-hydrogen) atoms. The van der Waals surface area contributed by atoms with Crippen molar-refractivity contribution in [3.63, 3.8) is 0 Å². The first-order valence-corrected chi connectivity index (χ1v) is 5.99. The van der Waals surface area contributed by atoms with Gasteiger partial charge in [-0.1, -0.05) is 13.0 Å². The normalized spacial score (nSPS) is 13.0. The maximum Gasteiger partial charge on any atom is 0.0615 e. The van der Waals surface area contributed by atoms with Crippen LogP contribution in [0.3, 0.4) is 0 Å². The number of nitrogens with one attached hydrogen (secondary N) is 1. The summed E-state index contributed by atoms with van der Waals surface area (Å²) in [6.07, 6.45) is 2.31. The third kappa shape index (κ3) is 4.22. The van der Waals surface area contributed by atoms with E-state index in [1.807, 2.05) is 11.3 Å². The summed E-state index contributed by atoms with van der Waals surface area (Å²) in [6, 6.07) is 4.80. The van der Waals surface area contributed by atoms with Gasteiger partial charge in [-0.2, -0.15) is 0 Å². The second kappa shape index (κ2) is 6.98. The first-order chi connectivity index (χ1) is 6.86. The monoisotopic (exact) mass is 213 g/mol. The van der Waals surface area contributed by atoms with Crippen LogP contribution in [0.5, 0.6) is 0 Å². The van der Waals surface area contributed by atoms with Gasteiger partial charge in [0.1, 0.15) is 0 Å². The minimum atomic E-state index is 0.493. The van der Waals surface area contributed by atoms with Crippen molar-refractivity contribution >= 4 is 11.3 Å². The lowest BCUT2D eigenvalue weighted by molar-refractivity contribution is 0.163. The Kier molecular flexibility index (Phi) is 5.83. The minimum absolute atomic E-state index is 0.493. The third-order valence-corrected chi connectivity index (χ3v) is 3.12. The standard InChI is InChI=1S/C11H19NOS/c1-3-12-10(9-13-2)6-7-11-5-4-8-14-11/h4-5,8,10,12H,3,6-7,9H2,1-2H3. The van der Waals surface area contributed by atoms with E-state index in [0.717, 1.165) is 26.0 Å². The Morgan fingerprint density at radius 3 is 3.00 bits per heavy atom. The summed E-state index contributed by atoms with van der Waals surface area (Å²) >= 11 is 1.83. The molecule has 1 N–H and O–H groups in total. The molecule has 0 fully saturated rings. The summed E-state index contributed by atoms with van der Waals surface area (Å²) in [7, 11) is 1.76. The van der Waals surface area contributed by atoms with E-state index in [-0.39, 0.29) is 0 Å². The van der Waals surface area contributed by atoms with Crippen LogP contribution in [0.25, 0.3) is 0 Å². The molecule has 0 aromatic carbocycles. The summed E-state index contributed by atoms with van der Waals surface area (Å²) < 4.78 is 5.17. The van der Waals surface area contributed by atoms with Crippen LogP contribution in [-0.4, -0.2) is 26.3 Å². The fraction of sp³-hybridized carbons (Fsp3) is 0.636. The van der Waals surface area contributed by atoms with E-state index in [2.05, 4.69) is 29.8 Å². The molecule has 1 aromatic rings. The molecule has 1 heterocycles. The lowest BCUT2D eigenvalue weighted by Crippen LogP contribution is -2.33. The third-order valence-electron chi connectivity index (χ3n) is 2.18. The fourth-order valence-corrected chi connectivity index (χ4v) is 2.23. The molecule has 1 unspecified atom stereocenters. The average Bonchev–Trinajstić information content (AvgIpc) is 2.67. The van der Waals surface area contributed by atoms with Gasteiger partial charge in [-0.15, -0.1) is 11.3 Å². The number of hydrogen-bond acceptors (Lipinski definition) is 3. The van der Waals surface area contributed by atoms with E-state index in [0.29, 0.717) is 6.04 Å². The molecule has 0 aliphatic rings. The Balaban J connectivity index is 2.25. The van der Waals surface area contributed by atoms with Crippen LogP contribution in [0, 0.1) is 0 Å². The predicted molar refractivity (Wildman–Crippen MR) is 62.0 cm³/mol. The molecule has 1 rings (SSSR count). The summed E-state index contributed by atoms with van der Waals surface area (Å²) in [5, 5.41) is 5.56. The zero-order valence-corrected chi connectivity index (χ0v) is 9.77. The zero-order chi connectivity index (χ0) is 10.2. The lowest BCUT2D eigenvalue weighted by Gasteiger charge is -2.15. The van der Waals surface area contributed by atoms with Crippen LogP contribution in [0.2, 0.25) is 0 Å². The Bertz CT molecular complexity index is 217. The average molecular weight is 213 g/mol. The first-order valence-electron chi connectivity index (χ1n) is 5.11. The van der Waals surface area contributed by atoms with Gasteiger partial charge in [0.25, 0.3) is 0 Å². The molecule has 1 atom stereocenters. The van der Waals surface area contributed by atoms with Crippen molar-refractivity contribution in [1.29, 1.82) is 0 Å². The van der Waals surface area contributed by atoms with Crippen molar-refractivity contribution in [2.24, 2.45) is 0 Å². The molecule has 3 heteroatoms. The molecular formula is C11H19NOS. The molecule has 0 saturated carbocycles. The van der Waals surface area contributed by atoms with Gasteiger partial charge in [0, 0.05) is 18.0 Å². The van der Waals surface area contributed by atoms with Gasteiger partial charge < -0.3 is 10.1 Å². The predicted octanol–water partition coefficient (Wildman–Crippen LogP) is 2.31. The lowest BCUT2D eigenvalue weighted by atomic mass is 10.1. The topological polar surface area (TPSA) is 21.3 Å². The van der Waals surface area contributed by atoms with Gasteiger partial charge in [-0.05, 0) is 30.8 Å². The van der Waals surface area contributed by atoms with Crippen molar-refractivity contribution in [1.82, 2.24) is 5.32 Å². The Morgan fingerprint density at radius 2 is 2.43 bits per heavy atom. The van der Waals surface area contributed by atoms with Crippen molar-refractivity contribution in [2.45, 2.75) is 25.8 Å². The van der Waals surface area contributed by atoms with E-state index in [1.165, 1.54) is 4.88 Å². The SMILES string of the molecule is CCNC(CCc1cccs1)COC. The highest BCUT2D eigenvalue weighted by Crippen LogP contribution is 2.12. The van der Waals surface area contributed by atoms with Crippen LogP contribution in [0.15, 0.2) is 17.5 Å². The second-order valence-corrected chi connectivity index (χ2v) is 4.36. The number of thiophene rings is 1. The largest absolute Gasteiger partial charge is 0.383 e. The van der Waals surface area contributed by atoms with E-state index in [1.54, 1.807) is 7.11 Å². The molecule has 0 spiro atoms. The van der Waals surface area contributed by atoms with Gasteiger partial charge in [0.05, 0.1) is 6.61 Å². The Labute approximate surface area is 90.3 Å². The van der Waals surface area contributed by atoms with E-state index < -0.39 is 0 Å². The number of hydrogen-bond donors (Lipinski definition) is 1. The van der Waals surface area contributed by atoms with Crippen molar-refractivity contribution in [3.8, 4) is 0 Å². The van der Waals surface area contributed by atoms with Crippen LogP contribution in [0.1, 0.15) is 18.2 Å². The number of ether oxygens (including phenoxy) is 1. The van der Waals surface area contributed by atoms with Crippen LogP contribution >= 0.6 is 11.3 Å². The van der Waals surface area contributed by atoms with E-state index in [4.69, 9.17) is 4.74 Å². The molecule has 0 amide bonds. The number of likely N-dealkylation sites (N-methyl/N-ethyl adjacent to an activating group) is 1. The quantitative estimate of drug-likeness (QED) is 0.750. The van der Waals surface area contributed by atoms with Crippen molar-refractivity contribution in [2.75, 3.05) is 20.3 Å². The summed E-state index contributed by atoms with van der Waals surface area (Å²) in [5.74, 6) is 0. The zero-order valence-electron chi connectivity index (χ0n) is 8.95. The molecule has 0 bridgehead atoms. The number of rotatable bonds is 7. The molecule has 0 aliphatic carbocycles. The maximum atomic E-state index is 5.17. The highest BCUT2D eigenvalue weighted by Gasteiger charge is 2.06. The molecule has 0 radical (unpaired) electrons. The van der Waals surface area contributed by atoms with Crippen LogP contribution in [-0.2, 0) is 11.2 Å². The molecule has 80 valence electrons. The second-order valence-electron chi connectivity index (χ2n) is 3.33. The van der Waals surface area contributed by atoms with Gasteiger partial charge >= 0.3 is 0 Å². The van der Waals surface area contributed by atoms with Crippen LogP contribution < -0.4 is 5.32 Å². The van der Waals surface area contributed by atoms with Gasteiger partial charge in [0.2, 0.25) is 0 Å². The molecule has 2 nitrogen and oxygen atoms in total. The maximum absolute atomic E-state index is 5.17. The van der Waals surface area contributed by atoms with E-state index >= 15 is 0 Å². The van der Waals surface area contributed by atoms with Crippen molar-refractivity contribution < 1.29 is 4.74 Å². The number of methoxy groups -OCH3 is 1. The Hall–Kier alpha value is -0.380. The molecular weight excluding hydrogens is 194 g/mol. The van der Waals surface area contributed by atoms with Gasteiger partial charge in [-0.3, -0.25) is 0 Å². The van der Waals surface area contributed by atoms with Gasteiger partial charge in [0.15, 0.2) is 0 Å². The van der Waals surface area contributed by atoms with Crippen molar-refractivity contribution in [3.05, 3.63) is 22.4 Å². The molecule has 0 saturated heterocycles. The highest BCUT2D eigenvalue weighted by molar-refractivity contribution is 7.09. The minimum Gasteiger partial charge on any atom is -0.383 e. The summed E-state index contributed by atoms with van der Waals surface area (Å²) in [5.41, 5.74) is 0. The smallest absolute Gasteiger partial charge is 0.0615 e. The van der Waals surface area contributed by atoms with E-state index in [9.17, 15) is 0 Å². The fourth-order valence-electron chi connectivity index (χ4n) is 1.51. The summed E-state index contributed by atoms with van der Waals surface area (Å²) in [6.45, 7) is 3.95. The van der Waals surface area contributed by atoms with Crippen LogP contribution in [0.4, 0.5) is 0 Å². The molecule has 0 aliphatic heterocycles. The summed E-state index contributed by atoms with van der Waals surface area (Å²) in [4.78, 5) is 1.46.